The van der Waals surface area contributed by atoms with Gasteiger partial charge in [-0.05, 0) is 42.0 Å². The Morgan fingerprint density at radius 3 is 2.50 bits per heavy atom. The Morgan fingerprint density at radius 2 is 1.77 bits per heavy atom. The van der Waals surface area contributed by atoms with E-state index in [1.165, 1.54) is 36.4 Å². The van der Waals surface area contributed by atoms with Gasteiger partial charge in [-0.15, -0.1) is 0 Å². The van der Waals surface area contributed by atoms with E-state index in [1.807, 2.05) is 0 Å². The van der Waals surface area contributed by atoms with Crippen LogP contribution in [0.15, 0.2) is 54.6 Å². The number of nitrogens with one attached hydrogen (secondary N) is 2. The Bertz CT molecular complexity index is 1270. The van der Waals surface area contributed by atoms with E-state index in [2.05, 4.69) is 9.97 Å². The predicted molar refractivity (Wildman–Crippen MR) is 113 cm³/mol. The number of anilines is 1. The first-order chi connectivity index (χ1) is 14.3. The van der Waals surface area contributed by atoms with Crippen LogP contribution in [0.5, 0.6) is 0 Å². The molecule has 4 N–H and O–H groups in total. The highest BCUT2D eigenvalue weighted by atomic mass is 35.5. The minimum atomic E-state index is -0.641. The Kier molecular flexibility index (Phi) is 5.05. The molecule has 0 fully saturated rings. The van der Waals surface area contributed by atoms with Crippen molar-refractivity contribution in [3.63, 3.8) is 0 Å². The zero-order valence-electron chi connectivity index (χ0n) is 15.3. The monoisotopic (exact) mass is 426 g/mol. The van der Waals surface area contributed by atoms with Crippen molar-refractivity contribution in [2.24, 2.45) is 0 Å². The molecule has 0 spiro atoms. The molecule has 0 unspecified atom stereocenters. The minimum Gasteiger partial charge on any atom is -0.398 e. The number of aromatic amines is 1. The van der Waals surface area contributed by atoms with E-state index in [1.54, 1.807) is 18.2 Å². The van der Waals surface area contributed by atoms with Gasteiger partial charge < -0.3 is 16.1 Å². The van der Waals surface area contributed by atoms with Gasteiger partial charge in [-0.25, -0.2) is 18.2 Å². The van der Waals surface area contributed by atoms with Gasteiger partial charge in [0.2, 0.25) is 0 Å². The zero-order valence-corrected chi connectivity index (χ0v) is 16.1. The van der Waals surface area contributed by atoms with Crippen molar-refractivity contribution in [2.45, 2.75) is 0 Å². The summed E-state index contributed by atoms with van der Waals surface area (Å²) in [5, 5.41) is 8.20. The zero-order chi connectivity index (χ0) is 21.4. The number of halogens is 4. The predicted octanol–water partition coefficient (Wildman–Crippen LogP) is 5.96. The van der Waals surface area contributed by atoms with Crippen molar-refractivity contribution in [1.29, 1.82) is 5.41 Å². The summed E-state index contributed by atoms with van der Waals surface area (Å²) < 4.78 is 41.3. The summed E-state index contributed by atoms with van der Waals surface area (Å²) in [7, 11) is 0. The number of hydrogen-bond donors (Lipinski definition) is 3. The smallest absolute Gasteiger partial charge is 0.144 e. The van der Waals surface area contributed by atoms with Crippen LogP contribution in [0.3, 0.4) is 0 Å². The highest BCUT2D eigenvalue weighted by molar-refractivity contribution is 6.31. The standard InChI is InChI=1S/C22H14ClF3N4/c23-15-8-20-21(10-17(15)26)30-22(29-20)13-7-14(19(28)9-16(13)25)18(27)6-3-11-1-4-12(24)5-2-11/h1-10,27H,28H2,(H,29,30)/b6-3+,27-18?. The SMILES string of the molecule is N=C(/C=C/c1ccc(F)cc1)c1cc(-c2nc3cc(Cl)c(F)cc3[nH]2)c(F)cc1N. The van der Waals surface area contributed by atoms with Crippen molar-refractivity contribution in [1.82, 2.24) is 9.97 Å². The average molecular weight is 427 g/mol. The van der Waals surface area contributed by atoms with Crippen molar-refractivity contribution in [2.75, 3.05) is 5.73 Å². The van der Waals surface area contributed by atoms with E-state index < -0.39 is 11.6 Å². The van der Waals surface area contributed by atoms with Gasteiger partial charge in [0.1, 0.15) is 23.3 Å². The van der Waals surface area contributed by atoms with Gasteiger partial charge >= 0.3 is 0 Å². The fraction of sp³-hybridized carbons (Fsp3) is 0. The lowest BCUT2D eigenvalue weighted by Crippen LogP contribution is -2.03. The van der Waals surface area contributed by atoms with Gasteiger partial charge in [0.15, 0.2) is 0 Å². The lowest BCUT2D eigenvalue weighted by atomic mass is 10.0. The third-order valence-electron chi connectivity index (χ3n) is 4.52. The molecule has 1 aromatic heterocycles. The normalized spacial score (nSPS) is 11.5. The molecule has 4 nitrogen and oxygen atoms in total. The molecule has 4 aromatic rings. The fourth-order valence-corrected chi connectivity index (χ4v) is 3.14. The summed E-state index contributed by atoms with van der Waals surface area (Å²) in [5.41, 5.74) is 7.81. The van der Waals surface area contributed by atoms with Gasteiger partial charge in [-0.1, -0.05) is 29.8 Å². The molecule has 30 heavy (non-hydrogen) atoms. The van der Waals surface area contributed by atoms with Gasteiger partial charge in [-0.2, -0.15) is 0 Å². The summed E-state index contributed by atoms with van der Waals surface area (Å²) in [6.07, 6.45) is 3.10. The summed E-state index contributed by atoms with van der Waals surface area (Å²) in [6.45, 7) is 0. The molecule has 4 rings (SSSR count). The van der Waals surface area contributed by atoms with Crippen molar-refractivity contribution < 1.29 is 13.2 Å². The first-order valence-corrected chi connectivity index (χ1v) is 9.16. The number of H-pyrrole nitrogens is 1. The topological polar surface area (TPSA) is 78.5 Å². The maximum atomic E-state index is 14.6. The van der Waals surface area contributed by atoms with Gasteiger partial charge in [-0.3, -0.25) is 0 Å². The number of fused-ring (bicyclic) bond motifs is 1. The second-order valence-electron chi connectivity index (χ2n) is 6.59. The van der Waals surface area contributed by atoms with Crippen LogP contribution >= 0.6 is 11.6 Å². The Balaban J connectivity index is 1.72. The van der Waals surface area contributed by atoms with E-state index in [0.717, 1.165) is 6.07 Å². The number of hydrogen-bond acceptors (Lipinski definition) is 3. The quantitative estimate of drug-likeness (QED) is 0.278. The van der Waals surface area contributed by atoms with E-state index in [-0.39, 0.29) is 39.2 Å². The van der Waals surface area contributed by atoms with Crippen LogP contribution in [0.25, 0.3) is 28.5 Å². The molecule has 0 saturated heterocycles. The van der Waals surface area contributed by atoms with Crippen LogP contribution in [-0.2, 0) is 0 Å². The number of nitrogen functional groups attached to an aromatic ring is 1. The Labute approximate surface area is 174 Å². The van der Waals surface area contributed by atoms with Gasteiger partial charge in [0, 0.05) is 17.3 Å². The van der Waals surface area contributed by atoms with Crippen LogP contribution in [-0.4, -0.2) is 15.7 Å². The largest absolute Gasteiger partial charge is 0.398 e. The molecule has 0 bridgehead atoms. The van der Waals surface area contributed by atoms with E-state index in [0.29, 0.717) is 16.6 Å². The number of imidazole rings is 1. The number of allylic oxidation sites excluding steroid dienone is 1. The molecule has 1 heterocycles. The maximum Gasteiger partial charge on any atom is 0.144 e. The Morgan fingerprint density at radius 1 is 1.03 bits per heavy atom. The first-order valence-electron chi connectivity index (χ1n) is 8.78. The van der Waals surface area contributed by atoms with Gasteiger partial charge in [0.05, 0.1) is 27.3 Å². The van der Waals surface area contributed by atoms with E-state index >= 15 is 0 Å². The molecule has 0 amide bonds. The molecule has 0 aliphatic carbocycles. The minimum absolute atomic E-state index is 0.0308. The second-order valence-corrected chi connectivity index (χ2v) is 6.99. The highest BCUT2D eigenvalue weighted by Gasteiger charge is 2.16. The molecule has 0 radical (unpaired) electrons. The molecule has 150 valence electrons. The molecule has 3 aromatic carbocycles. The molecule has 0 saturated carbocycles. The lowest BCUT2D eigenvalue weighted by Gasteiger charge is -2.08. The number of nitrogens with zero attached hydrogens (tertiary/aromatic N) is 1. The molecule has 0 atom stereocenters. The summed E-state index contributed by atoms with van der Waals surface area (Å²) in [6, 6.07) is 10.8. The lowest BCUT2D eigenvalue weighted by molar-refractivity contribution is 0.627. The Hall–Kier alpha value is -3.58. The molecular weight excluding hydrogens is 413 g/mol. The van der Waals surface area contributed by atoms with Crippen LogP contribution < -0.4 is 5.73 Å². The highest BCUT2D eigenvalue weighted by Crippen LogP contribution is 2.29. The first kappa shape index (κ1) is 19.7. The van der Waals surface area contributed by atoms with Crippen molar-refractivity contribution in [3.8, 4) is 11.4 Å². The van der Waals surface area contributed by atoms with E-state index in [9.17, 15) is 13.2 Å². The van der Waals surface area contributed by atoms with Crippen LogP contribution in [0.2, 0.25) is 5.02 Å². The summed E-state index contributed by atoms with van der Waals surface area (Å²) in [4.78, 5) is 7.12. The van der Waals surface area contributed by atoms with Crippen LogP contribution in [0, 0.1) is 22.9 Å². The van der Waals surface area contributed by atoms with Gasteiger partial charge in [0.25, 0.3) is 0 Å². The number of aromatic nitrogens is 2. The number of nitrogens with two attached hydrogens (primary N) is 1. The molecular formula is C22H14ClF3N4. The van der Waals surface area contributed by atoms with Crippen LogP contribution in [0.1, 0.15) is 11.1 Å². The molecule has 0 aliphatic heterocycles. The van der Waals surface area contributed by atoms with Crippen molar-refractivity contribution in [3.05, 3.63) is 88.2 Å². The average Bonchev–Trinajstić information content (AvgIpc) is 3.10. The molecule has 8 heteroatoms. The summed E-state index contributed by atoms with van der Waals surface area (Å²) >= 11 is 5.78. The second kappa shape index (κ2) is 7.68. The number of rotatable bonds is 4. The van der Waals surface area contributed by atoms with E-state index in [4.69, 9.17) is 22.7 Å². The fourth-order valence-electron chi connectivity index (χ4n) is 2.98. The maximum absolute atomic E-state index is 14.6. The third-order valence-corrected chi connectivity index (χ3v) is 4.81. The molecule has 0 aliphatic rings. The third kappa shape index (κ3) is 3.79. The van der Waals surface area contributed by atoms with Crippen molar-refractivity contribution >= 4 is 40.1 Å². The van der Waals surface area contributed by atoms with Crippen LogP contribution in [0.4, 0.5) is 18.9 Å². The summed E-state index contributed by atoms with van der Waals surface area (Å²) in [5.74, 6) is -1.47. The number of benzene rings is 3.